The first-order chi connectivity index (χ1) is 16.1. The van der Waals surface area contributed by atoms with Crippen molar-refractivity contribution in [3.63, 3.8) is 0 Å². The number of aromatic nitrogens is 3. The maximum absolute atomic E-state index is 12.6. The molecule has 2 aromatic heterocycles. The summed E-state index contributed by atoms with van der Waals surface area (Å²) in [6.45, 7) is 3.31. The largest absolute Gasteiger partial charge is 0.438 e. The van der Waals surface area contributed by atoms with Gasteiger partial charge in [0.1, 0.15) is 11.8 Å². The van der Waals surface area contributed by atoms with Gasteiger partial charge >= 0.3 is 0 Å². The van der Waals surface area contributed by atoms with E-state index in [9.17, 15) is 9.59 Å². The number of carbonyl (C=O) groups is 2. The van der Waals surface area contributed by atoms with Gasteiger partial charge in [-0.2, -0.15) is 5.10 Å². The number of benzene rings is 1. The first kappa shape index (κ1) is 22.9. The van der Waals surface area contributed by atoms with E-state index in [-0.39, 0.29) is 17.9 Å². The van der Waals surface area contributed by atoms with E-state index in [1.165, 1.54) is 0 Å². The van der Waals surface area contributed by atoms with E-state index in [1.54, 1.807) is 17.1 Å². The van der Waals surface area contributed by atoms with Crippen LogP contribution < -0.4 is 10.6 Å². The highest BCUT2D eigenvalue weighted by molar-refractivity contribution is 5.80. The highest BCUT2D eigenvalue weighted by atomic mass is 16.4. The van der Waals surface area contributed by atoms with Crippen molar-refractivity contribution in [3.05, 3.63) is 54.8 Å². The molecule has 1 aliphatic rings. The highest BCUT2D eigenvalue weighted by Crippen LogP contribution is 2.27. The van der Waals surface area contributed by atoms with Crippen molar-refractivity contribution in [2.75, 3.05) is 13.1 Å². The molecule has 2 N–H and O–H groups in total. The van der Waals surface area contributed by atoms with Crippen LogP contribution in [0.3, 0.4) is 0 Å². The molecule has 174 valence electrons. The molecule has 0 radical (unpaired) electrons. The van der Waals surface area contributed by atoms with Crippen LogP contribution in [-0.4, -0.2) is 39.5 Å². The van der Waals surface area contributed by atoms with Crippen molar-refractivity contribution in [2.45, 2.75) is 51.5 Å². The lowest BCUT2D eigenvalue weighted by atomic mass is 10.0. The van der Waals surface area contributed by atoms with Crippen molar-refractivity contribution in [1.82, 2.24) is 25.4 Å². The number of Topliss-reactive ketones (excluding diaryl/α,β-unsaturated/α-hetero) is 1. The highest BCUT2D eigenvalue weighted by Gasteiger charge is 2.28. The molecule has 0 bridgehead atoms. The molecule has 0 unspecified atom stereocenters. The average molecular weight is 450 g/mol. The molecule has 3 heterocycles. The van der Waals surface area contributed by atoms with Gasteiger partial charge in [0, 0.05) is 43.9 Å². The van der Waals surface area contributed by atoms with Gasteiger partial charge in [-0.25, -0.2) is 9.67 Å². The number of nitrogens with one attached hydrogen (secondary N) is 2. The Morgan fingerprint density at radius 1 is 1.21 bits per heavy atom. The standard InChI is InChI=1S/C25H31N5O3/c1-2-21(31)7-4-3-5-8-22(29-24(32)19-15-26-16-19)25-27-17-23(33-25)18-9-11-20(12-10-18)30-14-6-13-28-30/h6,9-14,17,19,22,26H,2-5,7-8,15-16H2,1H3,(H,29,32)/t22-/m0/s1. The van der Waals surface area contributed by atoms with Crippen LogP contribution in [0, 0.1) is 5.92 Å². The Hall–Kier alpha value is -3.26. The van der Waals surface area contributed by atoms with Gasteiger partial charge < -0.3 is 15.1 Å². The van der Waals surface area contributed by atoms with Gasteiger partial charge in [0.05, 0.1) is 17.8 Å². The Labute approximate surface area is 193 Å². The van der Waals surface area contributed by atoms with Gasteiger partial charge in [-0.3, -0.25) is 9.59 Å². The molecule has 1 atom stereocenters. The van der Waals surface area contributed by atoms with Gasteiger partial charge in [0.15, 0.2) is 5.76 Å². The number of rotatable bonds is 12. The third kappa shape index (κ3) is 5.96. The minimum atomic E-state index is -0.280. The summed E-state index contributed by atoms with van der Waals surface area (Å²) in [5, 5.41) is 10.5. The monoisotopic (exact) mass is 449 g/mol. The minimum absolute atomic E-state index is 0.000973. The van der Waals surface area contributed by atoms with E-state index >= 15 is 0 Å². The fourth-order valence-electron chi connectivity index (χ4n) is 3.83. The van der Waals surface area contributed by atoms with Crippen LogP contribution in [0.15, 0.2) is 53.3 Å². The predicted molar refractivity (Wildman–Crippen MR) is 125 cm³/mol. The summed E-state index contributed by atoms with van der Waals surface area (Å²) in [7, 11) is 0. The number of hydrogen-bond acceptors (Lipinski definition) is 6. The number of unbranched alkanes of at least 4 members (excludes halogenated alkanes) is 2. The summed E-state index contributed by atoms with van der Waals surface area (Å²) in [5.74, 6) is 1.51. The van der Waals surface area contributed by atoms with Crippen molar-refractivity contribution >= 4 is 11.7 Å². The molecule has 0 saturated carbocycles. The van der Waals surface area contributed by atoms with Crippen molar-refractivity contribution in [1.29, 1.82) is 0 Å². The SMILES string of the molecule is CCC(=O)CCCCC[C@H](NC(=O)C1CNC1)c1ncc(-c2ccc(-n3cccn3)cc2)o1. The van der Waals surface area contributed by atoms with Crippen LogP contribution in [-0.2, 0) is 9.59 Å². The zero-order valence-electron chi connectivity index (χ0n) is 19.0. The summed E-state index contributed by atoms with van der Waals surface area (Å²) in [6.07, 6.45) is 9.99. The average Bonchev–Trinajstić information content (AvgIpc) is 3.49. The second-order valence-electron chi connectivity index (χ2n) is 8.47. The topological polar surface area (TPSA) is 102 Å². The van der Waals surface area contributed by atoms with Crippen LogP contribution in [0.1, 0.15) is 57.4 Å². The van der Waals surface area contributed by atoms with Crippen LogP contribution in [0.25, 0.3) is 17.0 Å². The fourth-order valence-corrected chi connectivity index (χ4v) is 3.83. The Kier molecular flexibility index (Phi) is 7.67. The molecule has 1 aliphatic heterocycles. The third-order valence-electron chi connectivity index (χ3n) is 6.05. The Morgan fingerprint density at radius 2 is 2.03 bits per heavy atom. The number of oxazole rings is 1. The van der Waals surface area contributed by atoms with Gasteiger partial charge in [-0.1, -0.05) is 19.8 Å². The molecular weight excluding hydrogens is 418 g/mol. The van der Waals surface area contributed by atoms with Gasteiger partial charge in [0.25, 0.3) is 0 Å². The molecule has 33 heavy (non-hydrogen) atoms. The summed E-state index contributed by atoms with van der Waals surface area (Å²) in [4.78, 5) is 28.6. The van der Waals surface area contributed by atoms with Gasteiger partial charge in [-0.15, -0.1) is 0 Å². The molecule has 8 nitrogen and oxygen atoms in total. The third-order valence-corrected chi connectivity index (χ3v) is 6.05. The van der Waals surface area contributed by atoms with Gasteiger partial charge in [0.2, 0.25) is 11.8 Å². The van der Waals surface area contributed by atoms with E-state index in [4.69, 9.17) is 4.42 Å². The number of amides is 1. The summed E-state index contributed by atoms with van der Waals surface area (Å²) in [6, 6.07) is 9.50. The fraction of sp³-hybridized carbons (Fsp3) is 0.440. The van der Waals surface area contributed by atoms with Crippen molar-refractivity contribution in [2.24, 2.45) is 5.92 Å². The second-order valence-corrected chi connectivity index (χ2v) is 8.47. The van der Waals surface area contributed by atoms with Crippen LogP contribution in [0.5, 0.6) is 0 Å². The molecule has 1 fully saturated rings. The Bertz CT molecular complexity index is 1040. The molecule has 1 amide bonds. The number of hydrogen-bond donors (Lipinski definition) is 2. The second kappa shape index (κ2) is 11.0. The first-order valence-electron chi connectivity index (χ1n) is 11.7. The number of carbonyl (C=O) groups excluding carboxylic acids is 2. The maximum Gasteiger partial charge on any atom is 0.226 e. The molecule has 4 rings (SSSR count). The summed E-state index contributed by atoms with van der Waals surface area (Å²) < 4.78 is 7.89. The Morgan fingerprint density at radius 3 is 2.70 bits per heavy atom. The van der Waals surface area contributed by atoms with Crippen LogP contribution in [0.2, 0.25) is 0 Å². The van der Waals surface area contributed by atoms with E-state index in [0.29, 0.717) is 43.4 Å². The van der Waals surface area contributed by atoms with Crippen molar-refractivity contribution in [3.8, 4) is 17.0 Å². The van der Waals surface area contributed by atoms with Crippen molar-refractivity contribution < 1.29 is 14.0 Å². The van der Waals surface area contributed by atoms with E-state index < -0.39 is 0 Å². The molecule has 1 saturated heterocycles. The quantitative estimate of drug-likeness (QED) is 0.408. The smallest absolute Gasteiger partial charge is 0.226 e. The predicted octanol–water partition coefficient (Wildman–Crippen LogP) is 3.83. The molecular formula is C25H31N5O3. The molecule has 8 heteroatoms. The molecule has 3 aromatic rings. The van der Waals surface area contributed by atoms with E-state index in [0.717, 1.165) is 36.9 Å². The summed E-state index contributed by atoms with van der Waals surface area (Å²) >= 11 is 0. The van der Waals surface area contributed by atoms with Crippen LogP contribution >= 0.6 is 0 Å². The van der Waals surface area contributed by atoms with E-state index in [2.05, 4.69) is 20.7 Å². The number of ketones is 1. The lowest BCUT2D eigenvalue weighted by Gasteiger charge is -2.27. The number of nitrogens with zero attached hydrogens (tertiary/aromatic N) is 3. The Balaban J connectivity index is 1.41. The lowest BCUT2D eigenvalue weighted by molar-refractivity contribution is -0.127. The molecule has 1 aromatic carbocycles. The zero-order valence-corrected chi connectivity index (χ0v) is 19.0. The first-order valence-corrected chi connectivity index (χ1v) is 11.7. The maximum atomic E-state index is 12.6. The minimum Gasteiger partial charge on any atom is -0.438 e. The van der Waals surface area contributed by atoms with Gasteiger partial charge in [-0.05, 0) is 43.2 Å². The molecule has 0 spiro atoms. The van der Waals surface area contributed by atoms with E-state index in [1.807, 2.05) is 43.5 Å². The zero-order chi connectivity index (χ0) is 23.0. The van der Waals surface area contributed by atoms with Crippen LogP contribution in [0.4, 0.5) is 0 Å². The summed E-state index contributed by atoms with van der Waals surface area (Å²) in [5.41, 5.74) is 1.88. The molecule has 0 aliphatic carbocycles. The normalized spacial score (nSPS) is 14.6. The lowest BCUT2D eigenvalue weighted by Crippen LogP contribution is -2.51.